The first kappa shape index (κ1) is 20.1. The normalized spacial score (nSPS) is 23.3. The Morgan fingerprint density at radius 2 is 2.04 bits per heavy atom. The lowest BCUT2D eigenvalue weighted by atomic mass is 10.1. The summed E-state index contributed by atoms with van der Waals surface area (Å²) >= 11 is 0. The number of aliphatic imine (C=N–C) groups is 1. The molecule has 3 rings (SSSR count). The highest BCUT2D eigenvalue weighted by Crippen LogP contribution is 2.14. The fourth-order valence-corrected chi connectivity index (χ4v) is 5.04. The van der Waals surface area contributed by atoms with Crippen LogP contribution < -0.4 is 10.6 Å². The van der Waals surface area contributed by atoms with Crippen LogP contribution in [-0.2, 0) is 32.5 Å². The van der Waals surface area contributed by atoms with Gasteiger partial charge in [-0.3, -0.25) is 4.99 Å². The molecule has 7 nitrogen and oxygen atoms in total. The van der Waals surface area contributed by atoms with E-state index >= 15 is 0 Å². The topological polar surface area (TPSA) is 89.0 Å². The summed E-state index contributed by atoms with van der Waals surface area (Å²) in [5.41, 5.74) is 2.27. The van der Waals surface area contributed by atoms with Gasteiger partial charge in [-0.1, -0.05) is 24.3 Å². The third-order valence-corrected chi connectivity index (χ3v) is 6.67. The van der Waals surface area contributed by atoms with Gasteiger partial charge in [-0.2, -0.15) is 0 Å². The van der Waals surface area contributed by atoms with Crippen LogP contribution >= 0.6 is 0 Å². The van der Waals surface area contributed by atoms with E-state index in [1.54, 1.807) is 7.05 Å². The molecule has 0 amide bonds. The Kier molecular flexibility index (Phi) is 7.09. The molecule has 2 N–H and O–H groups in total. The van der Waals surface area contributed by atoms with E-state index in [-0.39, 0.29) is 23.7 Å². The summed E-state index contributed by atoms with van der Waals surface area (Å²) in [6.45, 7) is 2.78. The zero-order valence-corrected chi connectivity index (χ0v) is 16.6. The molecule has 0 saturated carbocycles. The maximum absolute atomic E-state index is 11.6. The summed E-state index contributed by atoms with van der Waals surface area (Å²) < 4.78 is 34.5. The van der Waals surface area contributed by atoms with E-state index in [2.05, 4.69) is 33.8 Å². The summed E-state index contributed by atoms with van der Waals surface area (Å²) in [6, 6.07) is 8.21. The number of guanidine groups is 1. The third-order valence-electron chi connectivity index (χ3n) is 4.90. The maximum atomic E-state index is 11.6. The summed E-state index contributed by atoms with van der Waals surface area (Å²) in [7, 11) is -1.21. The number of benzene rings is 1. The molecule has 27 heavy (non-hydrogen) atoms. The number of ether oxygens (including phenoxy) is 2. The van der Waals surface area contributed by atoms with E-state index in [0.717, 1.165) is 37.2 Å². The molecule has 2 aliphatic rings. The van der Waals surface area contributed by atoms with Gasteiger partial charge >= 0.3 is 0 Å². The summed E-state index contributed by atoms with van der Waals surface area (Å²) in [5, 5.41) is 6.46. The monoisotopic (exact) mass is 395 g/mol. The zero-order valence-electron chi connectivity index (χ0n) is 15.8. The van der Waals surface area contributed by atoms with Crippen molar-refractivity contribution < 1.29 is 17.9 Å². The van der Waals surface area contributed by atoms with Crippen molar-refractivity contribution in [3.63, 3.8) is 0 Å². The summed E-state index contributed by atoms with van der Waals surface area (Å²) in [6.07, 6.45) is 2.83. The maximum Gasteiger partial charge on any atom is 0.191 e. The van der Waals surface area contributed by atoms with Gasteiger partial charge < -0.3 is 20.1 Å². The van der Waals surface area contributed by atoms with Crippen LogP contribution in [0, 0.1) is 0 Å². The number of rotatable bonds is 6. The average molecular weight is 396 g/mol. The van der Waals surface area contributed by atoms with Gasteiger partial charge in [-0.15, -0.1) is 0 Å². The molecule has 2 aliphatic heterocycles. The van der Waals surface area contributed by atoms with Crippen molar-refractivity contribution in [3.8, 4) is 0 Å². The highest BCUT2D eigenvalue weighted by atomic mass is 32.2. The number of hydrogen-bond donors (Lipinski definition) is 2. The number of hydrogen-bond acceptors (Lipinski definition) is 5. The minimum Gasteiger partial charge on any atom is -0.381 e. The second kappa shape index (κ2) is 9.52. The van der Waals surface area contributed by atoms with Gasteiger partial charge in [-0.05, 0) is 30.4 Å². The molecule has 0 bridgehead atoms. The predicted octanol–water partition coefficient (Wildman–Crippen LogP) is 1.23. The molecule has 1 aromatic rings. The lowest BCUT2D eigenvalue weighted by Gasteiger charge is -2.22. The highest BCUT2D eigenvalue weighted by molar-refractivity contribution is 7.91. The van der Waals surface area contributed by atoms with Gasteiger partial charge in [0.1, 0.15) is 0 Å². The molecule has 0 aromatic heterocycles. The van der Waals surface area contributed by atoms with Gasteiger partial charge in [0.25, 0.3) is 0 Å². The first-order valence-corrected chi connectivity index (χ1v) is 11.3. The van der Waals surface area contributed by atoms with E-state index in [0.29, 0.717) is 25.5 Å². The van der Waals surface area contributed by atoms with Crippen molar-refractivity contribution in [1.29, 1.82) is 0 Å². The standard InChI is InChI=1S/C19H29N3O4S/c1-20-19(22-17-7-10-27(23,24)14-17)21-12-15-3-2-4-16(11-15)13-26-18-5-8-25-9-6-18/h2-4,11,17-18H,5-10,12-14H2,1H3,(H2,20,21,22). The van der Waals surface area contributed by atoms with Crippen molar-refractivity contribution in [2.45, 2.75) is 44.6 Å². The summed E-state index contributed by atoms with van der Waals surface area (Å²) in [5.74, 6) is 1.05. The molecule has 1 aromatic carbocycles. The van der Waals surface area contributed by atoms with Gasteiger partial charge in [0.15, 0.2) is 15.8 Å². The fourth-order valence-electron chi connectivity index (χ4n) is 3.37. The molecule has 2 saturated heterocycles. The van der Waals surface area contributed by atoms with E-state index in [4.69, 9.17) is 9.47 Å². The molecular weight excluding hydrogens is 366 g/mol. The third kappa shape index (κ3) is 6.48. The Morgan fingerprint density at radius 3 is 2.74 bits per heavy atom. The van der Waals surface area contributed by atoms with Crippen LogP contribution in [0.15, 0.2) is 29.3 Å². The second-order valence-electron chi connectivity index (χ2n) is 7.11. The van der Waals surface area contributed by atoms with Crippen LogP contribution in [-0.4, -0.2) is 58.3 Å². The van der Waals surface area contributed by atoms with Crippen LogP contribution in [0.3, 0.4) is 0 Å². The Morgan fingerprint density at radius 1 is 1.26 bits per heavy atom. The molecule has 0 spiro atoms. The Bertz CT molecular complexity index is 745. The number of nitrogens with zero attached hydrogens (tertiary/aromatic N) is 1. The minimum absolute atomic E-state index is 0.0691. The molecule has 0 aliphatic carbocycles. The van der Waals surface area contributed by atoms with Gasteiger partial charge in [0.2, 0.25) is 0 Å². The van der Waals surface area contributed by atoms with E-state index in [9.17, 15) is 8.42 Å². The van der Waals surface area contributed by atoms with Crippen molar-refractivity contribution in [3.05, 3.63) is 35.4 Å². The molecule has 2 heterocycles. The van der Waals surface area contributed by atoms with Crippen LogP contribution in [0.1, 0.15) is 30.4 Å². The number of nitrogens with one attached hydrogen (secondary N) is 2. The number of sulfone groups is 1. The largest absolute Gasteiger partial charge is 0.381 e. The van der Waals surface area contributed by atoms with Crippen molar-refractivity contribution in [2.24, 2.45) is 4.99 Å². The molecular formula is C19H29N3O4S. The molecule has 8 heteroatoms. The van der Waals surface area contributed by atoms with Crippen LogP contribution in [0.4, 0.5) is 0 Å². The van der Waals surface area contributed by atoms with Gasteiger partial charge in [-0.25, -0.2) is 8.42 Å². The first-order chi connectivity index (χ1) is 13.0. The van der Waals surface area contributed by atoms with Crippen LogP contribution in [0.25, 0.3) is 0 Å². The second-order valence-corrected chi connectivity index (χ2v) is 9.34. The van der Waals surface area contributed by atoms with Crippen LogP contribution in [0.2, 0.25) is 0 Å². The predicted molar refractivity (Wildman–Crippen MR) is 105 cm³/mol. The Hall–Kier alpha value is -1.64. The van der Waals surface area contributed by atoms with E-state index in [1.165, 1.54) is 0 Å². The van der Waals surface area contributed by atoms with E-state index < -0.39 is 9.84 Å². The average Bonchev–Trinajstić information content (AvgIpc) is 3.03. The lowest BCUT2D eigenvalue weighted by Crippen LogP contribution is -2.43. The van der Waals surface area contributed by atoms with Crippen molar-refractivity contribution in [2.75, 3.05) is 31.8 Å². The minimum atomic E-state index is -2.90. The first-order valence-electron chi connectivity index (χ1n) is 9.49. The molecule has 2 fully saturated rings. The zero-order chi connectivity index (χ0) is 19.1. The van der Waals surface area contributed by atoms with Crippen molar-refractivity contribution >= 4 is 15.8 Å². The molecule has 1 atom stereocenters. The van der Waals surface area contributed by atoms with Crippen LogP contribution in [0.5, 0.6) is 0 Å². The Balaban J connectivity index is 1.46. The van der Waals surface area contributed by atoms with Gasteiger partial charge in [0, 0.05) is 32.8 Å². The Labute approximate surface area is 161 Å². The SMILES string of the molecule is CN=C(NCc1cccc(COC2CCOCC2)c1)NC1CCS(=O)(=O)C1. The van der Waals surface area contributed by atoms with E-state index in [1.807, 2.05) is 6.07 Å². The van der Waals surface area contributed by atoms with Gasteiger partial charge in [0.05, 0.1) is 24.2 Å². The molecule has 0 radical (unpaired) electrons. The smallest absolute Gasteiger partial charge is 0.191 e. The highest BCUT2D eigenvalue weighted by Gasteiger charge is 2.28. The lowest BCUT2D eigenvalue weighted by molar-refractivity contribution is -0.0390. The molecule has 150 valence electrons. The van der Waals surface area contributed by atoms with Crippen molar-refractivity contribution in [1.82, 2.24) is 10.6 Å². The molecule has 1 unspecified atom stereocenters. The fraction of sp³-hybridized carbons (Fsp3) is 0.632. The quantitative estimate of drug-likeness (QED) is 0.556. The summed E-state index contributed by atoms with van der Waals surface area (Å²) in [4.78, 5) is 4.20.